The van der Waals surface area contributed by atoms with Gasteiger partial charge in [-0.25, -0.2) is 4.79 Å². The molecule has 0 heterocycles. The number of Topliss-reactive ketones (excluding diaryl/α,β-unsaturated/α-hetero) is 2. The molecule has 0 unspecified atom stereocenters. The molecule has 0 saturated heterocycles. The third-order valence-electron chi connectivity index (χ3n) is 7.64. The average Bonchev–Trinajstić information content (AvgIpc) is 3.11. The maximum absolute atomic E-state index is 14.1. The Morgan fingerprint density at radius 3 is 2.18 bits per heavy atom. The summed E-state index contributed by atoms with van der Waals surface area (Å²) in [6, 6.07) is 8.48. The van der Waals surface area contributed by atoms with E-state index in [-0.39, 0.29) is 30.3 Å². The molecule has 39 heavy (non-hydrogen) atoms. The van der Waals surface area contributed by atoms with Crippen LogP contribution >= 0.6 is 0 Å². The Morgan fingerprint density at radius 1 is 0.949 bits per heavy atom. The van der Waals surface area contributed by atoms with Crippen molar-refractivity contribution < 1.29 is 38.2 Å². The number of esters is 3. The second-order valence-corrected chi connectivity index (χ2v) is 11.3. The fraction of sp³-hybridized carbons (Fsp3) is 0.516. The molecule has 3 rings (SSSR count). The minimum atomic E-state index is -1.63. The summed E-state index contributed by atoms with van der Waals surface area (Å²) in [7, 11) is 0. The van der Waals surface area contributed by atoms with Gasteiger partial charge in [-0.2, -0.15) is 0 Å². The van der Waals surface area contributed by atoms with Crippen molar-refractivity contribution in [1.29, 1.82) is 0 Å². The molecule has 0 spiro atoms. The fourth-order valence-corrected chi connectivity index (χ4v) is 5.48. The fourth-order valence-electron chi connectivity index (χ4n) is 5.48. The lowest BCUT2D eigenvalue weighted by molar-refractivity contribution is -0.171. The van der Waals surface area contributed by atoms with Gasteiger partial charge in [0.25, 0.3) is 0 Å². The van der Waals surface area contributed by atoms with Gasteiger partial charge >= 0.3 is 17.9 Å². The van der Waals surface area contributed by atoms with Gasteiger partial charge < -0.3 is 14.2 Å². The van der Waals surface area contributed by atoms with Crippen molar-refractivity contribution in [3.63, 3.8) is 0 Å². The van der Waals surface area contributed by atoms with E-state index in [1.54, 1.807) is 76.3 Å². The standard InChI is InChI=1S/C31H38O8/c1-18-13-14-30(6,7)26(34)16-25(37-21(4)32)19(2)15-24-27(38-29(36)23-11-9-8-10-12-23)20(3)17-31(24,28(18)35)39-22(5)33/h8-15,18,20,24-25,27H,16-17H2,1-7H3/b14-13+,19-15+/t18-,20-,24+,25-,27+,31-/m1/s1. The largest absolute Gasteiger partial charge is 0.458 e. The predicted octanol–water partition coefficient (Wildman–Crippen LogP) is 4.81. The van der Waals surface area contributed by atoms with E-state index in [1.807, 2.05) is 6.92 Å². The number of ether oxygens (including phenoxy) is 3. The number of hydrogen-bond donors (Lipinski definition) is 0. The van der Waals surface area contributed by atoms with Crippen LogP contribution in [0.5, 0.6) is 0 Å². The normalized spacial score (nSPS) is 32.9. The van der Waals surface area contributed by atoms with Gasteiger partial charge in [0.15, 0.2) is 11.4 Å². The number of hydrogen-bond acceptors (Lipinski definition) is 8. The number of fused-ring (bicyclic) bond motifs is 1. The van der Waals surface area contributed by atoms with E-state index in [4.69, 9.17) is 14.2 Å². The highest BCUT2D eigenvalue weighted by Gasteiger charge is 2.60. The van der Waals surface area contributed by atoms with Crippen molar-refractivity contribution in [3.8, 4) is 0 Å². The first kappa shape index (κ1) is 30.0. The minimum Gasteiger partial charge on any atom is -0.458 e. The van der Waals surface area contributed by atoms with E-state index in [9.17, 15) is 24.0 Å². The van der Waals surface area contributed by atoms with Gasteiger partial charge in [-0.15, -0.1) is 0 Å². The Hall–Kier alpha value is -3.55. The lowest BCUT2D eigenvalue weighted by Gasteiger charge is -2.36. The molecule has 0 aliphatic heterocycles. The summed E-state index contributed by atoms with van der Waals surface area (Å²) >= 11 is 0. The summed E-state index contributed by atoms with van der Waals surface area (Å²) < 4.78 is 17.4. The van der Waals surface area contributed by atoms with Crippen LogP contribution < -0.4 is 0 Å². The van der Waals surface area contributed by atoms with Gasteiger partial charge in [-0.3, -0.25) is 19.2 Å². The van der Waals surface area contributed by atoms with Crippen LogP contribution in [-0.2, 0) is 33.4 Å². The Bertz CT molecular complexity index is 1190. The highest BCUT2D eigenvalue weighted by atomic mass is 16.6. The van der Waals surface area contributed by atoms with Gasteiger partial charge in [0, 0.05) is 38.0 Å². The number of rotatable bonds is 4. The van der Waals surface area contributed by atoms with Gasteiger partial charge in [-0.05, 0) is 44.4 Å². The molecular weight excluding hydrogens is 500 g/mol. The van der Waals surface area contributed by atoms with Crippen LogP contribution in [0.15, 0.2) is 54.1 Å². The molecule has 1 aromatic carbocycles. The first-order valence-electron chi connectivity index (χ1n) is 13.3. The van der Waals surface area contributed by atoms with Crippen molar-refractivity contribution in [1.82, 2.24) is 0 Å². The molecule has 2 aliphatic rings. The summed E-state index contributed by atoms with van der Waals surface area (Å²) in [6.45, 7) is 11.2. The average molecular weight is 539 g/mol. The molecule has 1 fully saturated rings. The van der Waals surface area contributed by atoms with Crippen LogP contribution in [0.4, 0.5) is 0 Å². The summed E-state index contributed by atoms with van der Waals surface area (Å²) in [5, 5.41) is 0. The monoisotopic (exact) mass is 538 g/mol. The van der Waals surface area contributed by atoms with Crippen molar-refractivity contribution >= 4 is 29.5 Å². The zero-order valence-corrected chi connectivity index (χ0v) is 23.7. The summed E-state index contributed by atoms with van der Waals surface area (Å²) in [5.74, 6) is -4.25. The van der Waals surface area contributed by atoms with Crippen LogP contribution in [0.25, 0.3) is 0 Å². The molecule has 6 atom stereocenters. The topological polar surface area (TPSA) is 113 Å². The van der Waals surface area contributed by atoms with E-state index >= 15 is 0 Å². The Morgan fingerprint density at radius 2 is 1.59 bits per heavy atom. The molecular formula is C31H38O8. The number of carbonyl (C=O) groups is 5. The molecule has 1 saturated carbocycles. The second-order valence-electron chi connectivity index (χ2n) is 11.3. The zero-order valence-electron chi connectivity index (χ0n) is 23.7. The number of ketones is 2. The maximum Gasteiger partial charge on any atom is 0.338 e. The number of benzene rings is 1. The highest BCUT2D eigenvalue weighted by Crippen LogP contribution is 2.48. The summed E-state index contributed by atoms with van der Waals surface area (Å²) in [5.41, 5.74) is -1.73. The van der Waals surface area contributed by atoms with Gasteiger partial charge in [-0.1, -0.05) is 50.3 Å². The van der Waals surface area contributed by atoms with Gasteiger partial charge in [0.1, 0.15) is 18.0 Å². The minimum absolute atomic E-state index is 0.0844. The second kappa shape index (κ2) is 11.7. The molecule has 2 aliphatic carbocycles. The lowest BCUT2D eigenvalue weighted by atomic mass is 9.76. The molecule has 0 aromatic heterocycles. The van der Waals surface area contributed by atoms with Crippen molar-refractivity contribution in [2.24, 2.45) is 23.2 Å². The van der Waals surface area contributed by atoms with E-state index in [1.165, 1.54) is 13.8 Å². The van der Waals surface area contributed by atoms with Crippen molar-refractivity contribution in [3.05, 3.63) is 59.7 Å². The summed E-state index contributed by atoms with van der Waals surface area (Å²) in [4.78, 5) is 64.9. The molecule has 8 nitrogen and oxygen atoms in total. The molecule has 0 bridgehead atoms. The highest BCUT2D eigenvalue weighted by molar-refractivity contribution is 5.94. The zero-order chi connectivity index (χ0) is 29.1. The Labute approximate surface area is 229 Å². The summed E-state index contributed by atoms with van der Waals surface area (Å²) in [6.07, 6.45) is 3.30. The van der Waals surface area contributed by atoms with Crippen molar-refractivity contribution in [2.45, 2.75) is 79.1 Å². The van der Waals surface area contributed by atoms with Crippen LogP contribution in [-0.4, -0.2) is 47.3 Å². The van der Waals surface area contributed by atoms with Crippen LogP contribution in [0.1, 0.15) is 71.7 Å². The van der Waals surface area contributed by atoms with Gasteiger partial charge in [0.05, 0.1) is 11.5 Å². The molecule has 1 aromatic rings. The SMILES string of the molecule is CC(=O)O[C@@H]1CC(=O)C(C)(C)/C=C/[C@@H](C)C(=O)[C@@]2(OC(C)=O)C[C@@H](C)[C@H](OC(=O)c3ccccc3)[C@@H]2/C=C/1C. The van der Waals surface area contributed by atoms with Crippen LogP contribution in [0.3, 0.4) is 0 Å². The predicted molar refractivity (Wildman–Crippen MR) is 143 cm³/mol. The van der Waals surface area contributed by atoms with Gasteiger partial charge in [0.2, 0.25) is 0 Å². The lowest BCUT2D eigenvalue weighted by Crippen LogP contribution is -2.50. The van der Waals surface area contributed by atoms with Crippen molar-refractivity contribution in [2.75, 3.05) is 0 Å². The number of carbonyl (C=O) groups excluding carboxylic acids is 5. The van der Waals surface area contributed by atoms with Crippen LogP contribution in [0.2, 0.25) is 0 Å². The number of allylic oxidation sites excluding steroid dienone is 2. The third kappa shape index (κ3) is 6.54. The Kier molecular flexibility index (Phi) is 8.98. The quantitative estimate of drug-likeness (QED) is 0.305. The maximum atomic E-state index is 14.1. The van der Waals surface area contributed by atoms with E-state index in [2.05, 4.69) is 0 Å². The molecule has 8 heteroatoms. The van der Waals surface area contributed by atoms with E-state index < -0.39 is 53.0 Å². The first-order chi connectivity index (χ1) is 18.2. The molecule has 210 valence electrons. The van der Waals surface area contributed by atoms with E-state index in [0.717, 1.165) is 0 Å². The Balaban J connectivity index is 2.21. The van der Waals surface area contributed by atoms with E-state index in [0.29, 0.717) is 11.1 Å². The molecule has 0 amide bonds. The molecule has 0 radical (unpaired) electrons. The molecule has 0 N–H and O–H groups in total. The first-order valence-corrected chi connectivity index (χ1v) is 13.3. The third-order valence-corrected chi connectivity index (χ3v) is 7.64. The van der Waals surface area contributed by atoms with Crippen LogP contribution in [0, 0.1) is 23.2 Å². The smallest absolute Gasteiger partial charge is 0.338 e.